The molecule has 0 radical (unpaired) electrons. The fourth-order valence-corrected chi connectivity index (χ4v) is 3.24. The van der Waals surface area contributed by atoms with Crippen molar-refractivity contribution in [2.24, 2.45) is 5.92 Å². The monoisotopic (exact) mass is 224 g/mol. The molecule has 2 unspecified atom stereocenters. The van der Waals surface area contributed by atoms with E-state index in [1.165, 1.54) is 36.3 Å². The standard InChI is InChI=1S/C12H20N2S/c1-3-10-5-4-6-11(10)13-7-12-9(2)14-8-15-12/h8,10-11,13H,3-7H2,1-2H3. The van der Waals surface area contributed by atoms with E-state index in [-0.39, 0.29) is 0 Å². The highest BCUT2D eigenvalue weighted by atomic mass is 32.1. The van der Waals surface area contributed by atoms with Crippen LogP contribution in [-0.2, 0) is 6.54 Å². The first-order valence-electron chi connectivity index (χ1n) is 5.93. The fraction of sp³-hybridized carbons (Fsp3) is 0.750. The Morgan fingerprint density at radius 2 is 2.40 bits per heavy atom. The van der Waals surface area contributed by atoms with Gasteiger partial charge < -0.3 is 5.32 Å². The number of thiazole rings is 1. The molecule has 2 rings (SSSR count). The largest absolute Gasteiger partial charge is 0.309 e. The molecule has 2 nitrogen and oxygen atoms in total. The maximum Gasteiger partial charge on any atom is 0.0798 e. The smallest absolute Gasteiger partial charge is 0.0798 e. The molecule has 1 N–H and O–H groups in total. The molecule has 0 amide bonds. The van der Waals surface area contributed by atoms with E-state index in [4.69, 9.17) is 0 Å². The maximum atomic E-state index is 4.28. The van der Waals surface area contributed by atoms with Gasteiger partial charge in [0.05, 0.1) is 11.2 Å². The molecule has 1 aromatic heterocycles. The summed E-state index contributed by atoms with van der Waals surface area (Å²) in [4.78, 5) is 5.68. The van der Waals surface area contributed by atoms with E-state index >= 15 is 0 Å². The summed E-state index contributed by atoms with van der Waals surface area (Å²) in [7, 11) is 0. The molecule has 1 aliphatic carbocycles. The van der Waals surface area contributed by atoms with Gasteiger partial charge in [-0.1, -0.05) is 19.8 Å². The number of hydrogen-bond donors (Lipinski definition) is 1. The average molecular weight is 224 g/mol. The predicted octanol–water partition coefficient (Wildman–Crippen LogP) is 3.12. The highest BCUT2D eigenvalue weighted by Crippen LogP contribution is 2.28. The maximum absolute atomic E-state index is 4.28. The van der Waals surface area contributed by atoms with Crippen LogP contribution < -0.4 is 5.32 Å². The van der Waals surface area contributed by atoms with Gasteiger partial charge in [-0.15, -0.1) is 11.3 Å². The lowest BCUT2D eigenvalue weighted by atomic mass is 10.0. The Kier molecular flexibility index (Phi) is 3.76. The third-order valence-electron chi connectivity index (χ3n) is 3.55. The van der Waals surface area contributed by atoms with Crippen LogP contribution in [-0.4, -0.2) is 11.0 Å². The van der Waals surface area contributed by atoms with E-state index < -0.39 is 0 Å². The Morgan fingerprint density at radius 3 is 3.07 bits per heavy atom. The van der Waals surface area contributed by atoms with Crippen molar-refractivity contribution in [3.8, 4) is 0 Å². The van der Waals surface area contributed by atoms with Gasteiger partial charge in [-0.05, 0) is 25.7 Å². The van der Waals surface area contributed by atoms with Gasteiger partial charge in [-0.2, -0.15) is 0 Å². The van der Waals surface area contributed by atoms with E-state index in [0.29, 0.717) is 0 Å². The molecule has 0 spiro atoms. The van der Waals surface area contributed by atoms with E-state index in [9.17, 15) is 0 Å². The van der Waals surface area contributed by atoms with E-state index in [1.54, 1.807) is 11.3 Å². The highest BCUT2D eigenvalue weighted by Gasteiger charge is 2.25. The lowest BCUT2D eigenvalue weighted by Crippen LogP contribution is -2.31. The number of nitrogens with one attached hydrogen (secondary N) is 1. The summed E-state index contributed by atoms with van der Waals surface area (Å²) >= 11 is 1.77. The van der Waals surface area contributed by atoms with Crippen molar-refractivity contribution in [3.05, 3.63) is 16.1 Å². The van der Waals surface area contributed by atoms with E-state index in [0.717, 1.165) is 18.5 Å². The second-order valence-electron chi connectivity index (χ2n) is 4.45. The Bertz CT molecular complexity index is 308. The normalized spacial score (nSPS) is 26.0. The van der Waals surface area contributed by atoms with Crippen LogP contribution in [0.25, 0.3) is 0 Å². The molecule has 1 aromatic rings. The molecule has 1 fully saturated rings. The highest BCUT2D eigenvalue weighted by molar-refractivity contribution is 7.09. The molecule has 1 saturated carbocycles. The van der Waals surface area contributed by atoms with Crippen molar-refractivity contribution < 1.29 is 0 Å². The van der Waals surface area contributed by atoms with Gasteiger partial charge in [0.15, 0.2) is 0 Å². The van der Waals surface area contributed by atoms with Crippen molar-refractivity contribution in [2.45, 2.75) is 52.1 Å². The SMILES string of the molecule is CCC1CCCC1NCc1scnc1C. The third kappa shape index (κ3) is 2.58. The molecule has 0 aliphatic heterocycles. The van der Waals surface area contributed by atoms with Gasteiger partial charge in [-0.25, -0.2) is 4.98 Å². The Morgan fingerprint density at radius 1 is 1.53 bits per heavy atom. The topological polar surface area (TPSA) is 24.9 Å². The number of hydrogen-bond acceptors (Lipinski definition) is 3. The summed E-state index contributed by atoms with van der Waals surface area (Å²) in [6.07, 6.45) is 5.49. The van der Waals surface area contributed by atoms with Gasteiger partial charge in [0.25, 0.3) is 0 Å². The van der Waals surface area contributed by atoms with Crippen molar-refractivity contribution in [1.82, 2.24) is 10.3 Å². The van der Waals surface area contributed by atoms with Gasteiger partial charge in [-0.3, -0.25) is 0 Å². The number of aromatic nitrogens is 1. The van der Waals surface area contributed by atoms with Gasteiger partial charge in [0.2, 0.25) is 0 Å². The Labute approximate surface area is 96.1 Å². The molecule has 84 valence electrons. The van der Waals surface area contributed by atoms with Crippen LogP contribution in [0.4, 0.5) is 0 Å². The summed E-state index contributed by atoms with van der Waals surface area (Å²) in [6.45, 7) is 5.42. The second kappa shape index (κ2) is 5.08. The summed E-state index contributed by atoms with van der Waals surface area (Å²) in [5, 5.41) is 3.70. The minimum atomic E-state index is 0.747. The number of aryl methyl sites for hydroxylation is 1. The van der Waals surface area contributed by atoms with E-state index in [2.05, 4.69) is 24.1 Å². The lowest BCUT2D eigenvalue weighted by molar-refractivity contribution is 0.390. The summed E-state index contributed by atoms with van der Waals surface area (Å²) in [6, 6.07) is 0.747. The van der Waals surface area contributed by atoms with Gasteiger partial charge in [0, 0.05) is 17.5 Å². The van der Waals surface area contributed by atoms with Crippen LogP contribution in [0.2, 0.25) is 0 Å². The van der Waals surface area contributed by atoms with Crippen LogP contribution >= 0.6 is 11.3 Å². The quantitative estimate of drug-likeness (QED) is 0.850. The van der Waals surface area contributed by atoms with Crippen molar-refractivity contribution in [2.75, 3.05) is 0 Å². The van der Waals surface area contributed by atoms with Crippen molar-refractivity contribution in [1.29, 1.82) is 0 Å². The van der Waals surface area contributed by atoms with Crippen LogP contribution in [0, 0.1) is 12.8 Å². The molecular weight excluding hydrogens is 204 g/mol. The Balaban J connectivity index is 1.85. The summed E-state index contributed by atoms with van der Waals surface area (Å²) in [5.41, 5.74) is 3.14. The molecule has 0 saturated heterocycles. The molecule has 15 heavy (non-hydrogen) atoms. The van der Waals surface area contributed by atoms with Crippen LogP contribution in [0.15, 0.2) is 5.51 Å². The number of rotatable bonds is 4. The zero-order chi connectivity index (χ0) is 10.7. The first kappa shape index (κ1) is 11.1. The van der Waals surface area contributed by atoms with Crippen molar-refractivity contribution in [3.63, 3.8) is 0 Å². The third-order valence-corrected chi connectivity index (χ3v) is 4.49. The second-order valence-corrected chi connectivity index (χ2v) is 5.39. The molecule has 1 heterocycles. The minimum absolute atomic E-state index is 0.747. The van der Waals surface area contributed by atoms with Gasteiger partial charge in [0.1, 0.15) is 0 Å². The summed E-state index contributed by atoms with van der Waals surface area (Å²) < 4.78 is 0. The molecule has 3 heteroatoms. The first-order chi connectivity index (χ1) is 7.31. The van der Waals surface area contributed by atoms with Crippen LogP contribution in [0.5, 0.6) is 0 Å². The molecule has 1 aliphatic rings. The number of nitrogens with zero attached hydrogens (tertiary/aromatic N) is 1. The van der Waals surface area contributed by atoms with Crippen LogP contribution in [0.1, 0.15) is 43.2 Å². The zero-order valence-electron chi connectivity index (χ0n) is 9.62. The fourth-order valence-electron chi connectivity index (χ4n) is 2.51. The molecule has 2 atom stereocenters. The molecule has 0 aromatic carbocycles. The molecule has 0 bridgehead atoms. The lowest BCUT2D eigenvalue weighted by Gasteiger charge is -2.19. The first-order valence-corrected chi connectivity index (χ1v) is 6.81. The van der Waals surface area contributed by atoms with E-state index in [1.807, 2.05) is 5.51 Å². The molecular formula is C12H20N2S. The summed E-state index contributed by atoms with van der Waals surface area (Å²) in [5.74, 6) is 0.901. The zero-order valence-corrected chi connectivity index (χ0v) is 10.4. The van der Waals surface area contributed by atoms with Crippen LogP contribution in [0.3, 0.4) is 0 Å². The minimum Gasteiger partial charge on any atom is -0.309 e. The predicted molar refractivity (Wildman–Crippen MR) is 65.1 cm³/mol. The van der Waals surface area contributed by atoms with Crippen molar-refractivity contribution >= 4 is 11.3 Å². The average Bonchev–Trinajstić information content (AvgIpc) is 2.83. The van der Waals surface area contributed by atoms with Gasteiger partial charge >= 0.3 is 0 Å². The Hall–Kier alpha value is -0.410.